The van der Waals surface area contributed by atoms with Crippen LogP contribution >= 0.6 is 0 Å². The summed E-state index contributed by atoms with van der Waals surface area (Å²) in [6, 6.07) is 2.21. The van der Waals surface area contributed by atoms with E-state index in [0.717, 1.165) is 37.7 Å². The number of furan rings is 1. The van der Waals surface area contributed by atoms with E-state index in [1.807, 2.05) is 0 Å². The van der Waals surface area contributed by atoms with Crippen LogP contribution in [0.15, 0.2) is 10.5 Å². The van der Waals surface area contributed by atoms with Gasteiger partial charge >= 0.3 is 0 Å². The van der Waals surface area contributed by atoms with E-state index in [1.54, 1.807) is 0 Å². The van der Waals surface area contributed by atoms with Crippen LogP contribution in [0.5, 0.6) is 0 Å². The van der Waals surface area contributed by atoms with Gasteiger partial charge in [0.25, 0.3) is 0 Å². The van der Waals surface area contributed by atoms with Gasteiger partial charge in [0.15, 0.2) is 0 Å². The van der Waals surface area contributed by atoms with E-state index in [4.69, 9.17) is 4.42 Å². The molecule has 20 heavy (non-hydrogen) atoms. The normalized spacial score (nSPS) is 12.7. The first kappa shape index (κ1) is 17.3. The molecule has 0 aromatic carbocycles. The Kier molecular flexibility index (Phi) is 6.28. The molecular formula is C17H32N2O. The van der Waals surface area contributed by atoms with Crippen LogP contribution in [0.25, 0.3) is 0 Å². The Hall–Kier alpha value is -0.800. The van der Waals surface area contributed by atoms with Crippen molar-refractivity contribution in [2.75, 3.05) is 13.1 Å². The molecule has 0 amide bonds. The Morgan fingerprint density at radius 1 is 1.30 bits per heavy atom. The van der Waals surface area contributed by atoms with E-state index in [-0.39, 0.29) is 5.54 Å². The highest BCUT2D eigenvalue weighted by atomic mass is 16.3. The first-order chi connectivity index (χ1) is 9.21. The van der Waals surface area contributed by atoms with Gasteiger partial charge in [-0.25, -0.2) is 0 Å². The third-order valence-electron chi connectivity index (χ3n) is 3.33. The van der Waals surface area contributed by atoms with Crippen molar-refractivity contribution in [1.82, 2.24) is 10.2 Å². The van der Waals surface area contributed by atoms with Gasteiger partial charge in [0.05, 0.1) is 6.54 Å². The summed E-state index contributed by atoms with van der Waals surface area (Å²) in [4.78, 5) is 2.48. The highest BCUT2D eigenvalue weighted by molar-refractivity contribution is 5.20. The molecule has 1 aromatic rings. The molecule has 0 aliphatic rings. The van der Waals surface area contributed by atoms with Gasteiger partial charge in [-0.2, -0.15) is 0 Å². The minimum absolute atomic E-state index is 0.119. The fraction of sp³-hybridized carbons (Fsp3) is 0.765. The Morgan fingerprint density at radius 2 is 1.95 bits per heavy atom. The number of aryl methyl sites for hydroxylation is 1. The lowest BCUT2D eigenvalue weighted by atomic mass is 10.1. The fourth-order valence-electron chi connectivity index (χ4n) is 2.25. The molecule has 116 valence electrons. The van der Waals surface area contributed by atoms with E-state index in [1.165, 1.54) is 5.56 Å². The van der Waals surface area contributed by atoms with Gasteiger partial charge in [0, 0.05) is 24.2 Å². The number of nitrogens with zero attached hydrogens (tertiary/aromatic N) is 1. The first-order valence-electron chi connectivity index (χ1n) is 7.76. The molecule has 0 aliphatic heterocycles. The topological polar surface area (TPSA) is 28.4 Å². The Labute approximate surface area is 124 Å². The Morgan fingerprint density at radius 3 is 2.45 bits per heavy atom. The van der Waals surface area contributed by atoms with Crippen molar-refractivity contribution in [3.05, 3.63) is 23.2 Å². The van der Waals surface area contributed by atoms with Crippen LogP contribution in [0.1, 0.15) is 58.6 Å². The molecule has 0 saturated carbocycles. The van der Waals surface area contributed by atoms with Gasteiger partial charge in [-0.1, -0.05) is 20.8 Å². The number of hydrogen-bond donors (Lipinski definition) is 1. The quantitative estimate of drug-likeness (QED) is 0.819. The fourth-order valence-corrected chi connectivity index (χ4v) is 2.25. The lowest BCUT2D eigenvalue weighted by molar-refractivity contribution is 0.247. The third kappa shape index (κ3) is 6.10. The van der Waals surface area contributed by atoms with Gasteiger partial charge in [-0.15, -0.1) is 0 Å². The summed E-state index contributed by atoms with van der Waals surface area (Å²) in [6.45, 7) is 19.3. The summed E-state index contributed by atoms with van der Waals surface area (Å²) in [5.41, 5.74) is 1.44. The molecule has 1 heterocycles. The highest BCUT2D eigenvalue weighted by Crippen LogP contribution is 2.18. The van der Waals surface area contributed by atoms with E-state index in [2.05, 4.69) is 64.7 Å². The van der Waals surface area contributed by atoms with Crippen molar-refractivity contribution in [2.45, 2.75) is 67.1 Å². The van der Waals surface area contributed by atoms with Gasteiger partial charge in [0.1, 0.15) is 11.5 Å². The average molecular weight is 280 g/mol. The van der Waals surface area contributed by atoms with Crippen molar-refractivity contribution < 1.29 is 4.42 Å². The van der Waals surface area contributed by atoms with Crippen LogP contribution in [0.4, 0.5) is 0 Å². The zero-order valence-corrected chi connectivity index (χ0v) is 14.3. The minimum atomic E-state index is 0.119. The molecule has 0 radical (unpaired) electrons. The minimum Gasteiger partial charge on any atom is -0.465 e. The second-order valence-electron chi connectivity index (χ2n) is 7.12. The largest absolute Gasteiger partial charge is 0.465 e. The Bertz CT molecular complexity index is 402. The first-order valence-corrected chi connectivity index (χ1v) is 7.76. The van der Waals surface area contributed by atoms with Crippen molar-refractivity contribution in [3.63, 3.8) is 0 Å². The summed E-state index contributed by atoms with van der Waals surface area (Å²) >= 11 is 0. The maximum Gasteiger partial charge on any atom is 0.118 e. The molecule has 0 saturated heterocycles. The summed E-state index contributed by atoms with van der Waals surface area (Å²) in [6.07, 6.45) is 0. The van der Waals surface area contributed by atoms with Crippen molar-refractivity contribution in [2.24, 2.45) is 5.92 Å². The van der Waals surface area contributed by atoms with Crippen LogP contribution in [0.3, 0.4) is 0 Å². The molecular weight excluding hydrogens is 248 g/mol. The monoisotopic (exact) mass is 280 g/mol. The average Bonchev–Trinajstić information content (AvgIpc) is 2.65. The summed E-state index contributed by atoms with van der Waals surface area (Å²) < 4.78 is 5.87. The van der Waals surface area contributed by atoms with Crippen molar-refractivity contribution in [3.8, 4) is 0 Å². The summed E-state index contributed by atoms with van der Waals surface area (Å²) in [7, 11) is 0. The van der Waals surface area contributed by atoms with E-state index >= 15 is 0 Å². The smallest absolute Gasteiger partial charge is 0.118 e. The van der Waals surface area contributed by atoms with E-state index < -0.39 is 0 Å². The van der Waals surface area contributed by atoms with Crippen LogP contribution < -0.4 is 5.32 Å². The zero-order chi connectivity index (χ0) is 15.3. The third-order valence-corrected chi connectivity index (χ3v) is 3.33. The molecule has 0 atom stereocenters. The molecule has 3 heteroatoms. The number of rotatable bonds is 7. The molecule has 3 nitrogen and oxygen atoms in total. The maximum absolute atomic E-state index is 5.87. The summed E-state index contributed by atoms with van der Waals surface area (Å²) in [5, 5.41) is 3.47. The summed E-state index contributed by atoms with van der Waals surface area (Å²) in [5.74, 6) is 2.79. The second kappa shape index (κ2) is 7.28. The van der Waals surface area contributed by atoms with Crippen LogP contribution in [-0.2, 0) is 13.1 Å². The molecule has 0 aliphatic carbocycles. The van der Waals surface area contributed by atoms with Crippen LogP contribution in [-0.4, -0.2) is 23.5 Å². The Balaban J connectivity index is 2.65. The van der Waals surface area contributed by atoms with Gasteiger partial charge in [-0.3, -0.25) is 4.90 Å². The van der Waals surface area contributed by atoms with Crippen molar-refractivity contribution in [1.29, 1.82) is 0 Å². The molecule has 1 rings (SSSR count). The predicted molar refractivity (Wildman–Crippen MR) is 85.8 cm³/mol. The lowest BCUT2D eigenvalue weighted by Crippen LogP contribution is -2.34. The van der Waals surface area contributed by atoms with Gasteiger partial charge in [-0.05, 0) is 46.2 Å². The van der Waals surface area contributed by atoms with Gasteiger partial charge in [0.2, 0.25) is 0 Å². The predicted octanol–water partition coefficient (Wildman–Crippen LogP) is 3.95. The second-order valence-corrected chi connectivity index (χ2v) is 7.12. The maximum atomic E-state index is 5.87. The molecule has 0 unspecified atom stereocenters. The van der Waals surface area contributed by atoms with Crippen LogP contribution in [0, 0.1) is 12.8 Å². The standard InChI is InChI=1S/C17H32N2O/c1-8-19(11-13(2)3)12-15-9-16(20-14(15)4)10-18-17(5,6)7/h9,13,18H,8,10-12H2,1-7H3. The van der Waals surface area contributed by atoms with E-state index in [9.17, 15) is 0 Å². The molecule has 0 spiro atoms. The van der Waals surface area contributed by atoms with Crippen LogP contribution in [0.2, 0.25) is 0 Å². The number of nitrogens with one attached hydrogen (secondary N) is 1. The molecule has 0 bridgehead atoms. The molecule has 1 aromatic heterocycles. The van der Waals surface area contributed by atoms with Gasteiger partial charge < -0.3 is 9.73 Å². The molecule has 0 fully saturated rings. The van der Waals surface area contributed by atoms with Crippen molar-refractivity contribution >= 4 is 0 Å². The zero-order valence-electron chi connectivity index (χ0n) is 14.3. The SMILES string of the molecule is CCN(Cc1cc(CNC(C)(C)C)oc1C)CC(C)C. The van der Waals surface area contributed by atoms with E-state index in [0.29, 0.717) is 5.92 Å². The molecule has 1 N–H and O–H groups in total. The number of hydrogen-bond acceptors (Lipinski definition) is 3. The lowest BCUT2D eigenvalue weighted by Gasteiger charge is -2.22. The highest BCUT2D eigenvalue weighted by Gasteiger charge is 2.14.